The minimum absolute atomic E-state index is 0.0558. The second kappa shape index (κ2) is 6.27. The third-order valence-corrected chi connectivity index (χ3v) is 3.35. The zero-order valence-corrected chi connectivity index (χ0v) is 11.8. The fraction of sp³-hybridized carbons (Fsp3) is 0.429. The normalized spacial score (nSPS) is 14.9. The number of carbonyl (C=O) groups is 2. The van der Waals surface area contributed by atoms with Crippen LogP contribution >= 0.6 is 0 Å². The molecule has 1 aromatic rings. The van der Waals surface area contributed by atoms with E-state index in [9.17, 15) is 9.59 Å². The summed E-state index contributed by atoms with van der Waals surface area (Å²) in [4.78, 5) is 26.8. The van der Waals surface area contributed by atoms with Gasteiger partial charge >= 0.3 is 6.03 Å². The van der Waals surface area contributed by atoms with Gasteiger partial charge in [0.1, 0.15) is 5.75 Å². The summed E-state index contributed by atoms with van der Waals surface area (Å²) in [5.41, 5.74) is 0.727. The van der Waals surface area contributed by atoms with Crippen LogP contribution < -0.4 is 10.1 Å². The van der Waals surface area contributed by atoms with E-state index in [4.69, 9.17) is 4.74 Å². The molecule has 1 saturated heterocycles. The number of urea groups is 1. The van der Waals surface area contributed by atoms with E-state index in [2.05, 4.69) is 5.32 Å². The second-order valence-corrected chi connectivity index (χ2v) is 4.65. The zero-order chi connectivity index (χ0) is 14.5. The molecular weight excluding hydrogens is 258 g/mol. The lowest BCUT2D eigenvalue weighted by Gasteiger charge is -2.34. The lowest BCUT2D eigenvalue weighted by Crippen LogP contribution is -2.51. The first-order valence-corrected chi connectivity index (χ1v) is 6.55. The minimum Gasteiger partial charge on any atom is -0.497 e. The van der Waals surface area contributed by atoms with E-state index in [1.807, 2.05) is 0 Å². The molecule has 0 aliphatic carbocycles. The highest BCUT2D eigenvalue weighted by Crippen LogP contribution is 2.15. The highest BCUT2D eigenvalue weighted by molar-refractivity contribution is 5.89. The second-order valence-electron chi connectivity index (χ2n) is 4.65. The van der Waals surface area contributed by atoms with Crippen molar-refractivity contribution in [1.82, 2.24) is 9.80 Å². The van der Waals surface area contributed by atoms with Crippen molar-refractivity contribution in [1.29, 1.82) is 0 Å². The fourth-order valence-corrected chi connectivity index (χ4v) is 2.10. The van der Waals surface area contributed by atoms with Crippen molar-refractivity contribution in [2.75, 3.05) is 38.6 Å². The summed E-state index contributed by atoms with van der Waals surface area (Å²) in [6.45, 7) is 3.84. The van der Waals surface area contributed by atoms with Gasteiger partial charge in [-0.2, -0.15) is 0 Å². The van der Waals surface area contributed by atoms with Gasteiger partial charge in [-0.1, -0.05) is 0 Å². The van der Waals surface area contributed by atoms with Crippen LogP contribution in [0.4, 0.5) is 10.5 Å². The summed E-state index contributed by atoms with van der Waals surface area (Å²) in [5.74, 6) is 0.804. The van der Waals surface area contributed by atoms with Gasteiger partial charge in [0.15, 0.2) is 0 Å². The van der Waals surface area contributed by atoms with Crippen LogP contribution in [-0.4, -0.2) is 55.0 Å². The first-order valence-electron chi connectivity index (χ1n) is 6.55. The molecule has 0 atom stereocenters. The van der Waals surface area contributed by atoms with Crippen LogP contribution in [0, 0.1) is 0 Å². The molecule has 0 spiro atoms. The number of methoxy groups -OCH3 is 1. The average Bonchev–Trinajstić information content (AvgIpc) is 2.48. The van der Waals surface area contributed by atoms with Crippen molar-refractivity contribution in [3.8, 4) is 5.75 Å². The molecule has 0 unspecified atom stereocenters. The molecule has 1 fully saturated rings. The predicted octanol–water partition coefficient (Wildman–Crippen LogP) is 1.39. The summed E-state index contributed by atoms with van der Waals surface area (Å²) in [7, 11) is 1.60. The Labute approximate surface area is 118 Å². The van der Waals surface area contributed by atoms with Crippen molar-refractivity contribution >= 4 is 17.6 Å². The van der Waals surface area contributed by atoms with E-state index in [1.54, 1.807) is 48.1 Å². The van der Waals surface area contributed by atoms with Gasteiger partial charge in [0, 0.05) is 38.8 Å². The Morgan fingerprint density at radius 2 is 1.60 bits per heavy atom. The highest BCUT2D eigenvalue weighted by atomic mass is 16.5. The molecule has 1 aromatic carbocycles. The highest BCUT2D eigenvalue weighted by Gasteiger charge is 2.22. The van der Waals surface area contributed by atoms with Gasteiger partial charge in [-0.3, -0.25) is 4.79 Å². The van der Waals surface area contributed by atoms with Crippen LogP contribution in [-0.2, 0) is 4.79 Å². The van der Waals surface area contributed by atoms with E-state index in [1.165, 1.54) is 0 Å². The summed E-state index contributed by atoms with van der Waals surface area (Å²) in [6.07, 6.45) is 0. The van der Waals surface area contributed by atoms with Gasteiger partial charge < -0.3 is 19.9 Å². The standard InChI is InChI=1S/C14H19N3O3/c1-11(18)16-7-9-17(10-8-16)14(19)15-12-3-5-13(20-2)6-4-12/h3-6H,7-10H2,1-2H3,(H,15,19). The Balaban J connectivity index is 1.87. The maximum Gasteiger partial charge on any atom is 0.321 e. The number of piperazine rings is 1. The Kier molecular flexibility index (Phi) is 4.45. The number of nitrogens with zero attached hydrogens (tertiary/aromatic N) is 2. The molecule has 0 bridgehead atoms. The van der Waals surface area contributed by atoms with Gasteiger partial charge in [0.05, 0.1) is 7.11 Å². The number of rotatable bonds is 2. The number of ether oxygens (including phenoxy) is 1. The Morgan fingerprint density at radius 1 is 1.05 bits per heavy atom. The first-order chi connectivity index (χ1) is 9.60. The Morgan fingerprint density at radius 3 is 2.10 bits per heavy atom. The largest absolute Gasteiger partial charge is 0.497 e. The van der Waals surface area contributed by atoms with Gasteiger partial charge in [0.2, 0.25) is 5.91 Å². The molecule has 3 amide bonds. The molecule has 1 aliphatic heterocycles. The lowest BCUT2D eigenvalue weighted by molar-refractivity contribution is -0.130. The SMILES string of the molecule is COc1ccc(NC(=O)N2CCN(C(C)=O)CC2)cc1. The van der Waals surface area contributed by atoms with Crippen molar-refractivity contribution < 1.29 is 14.3 Å². The summed E-state index contributed by atoms with van der Waals surface area (Å²) >= 11 is 0. The minimum atomic E-state index is -0.140. The molecule has 1 heterocycles. The number of nitrogens with one attached hydrogen (secondary N) is 1. The van der Waals surface area contributed by atoms with Crippen LogP contribution in [0.15, 0.2) is 24.3 Å². The molecule has 6 heteroatoms. The average molecular weight is 277 g/mol. The number of amides is 3. The van der Waals surface area contributed by atoms with E-state index < -0.39 is 0 Å². The molecule has 1 N–H and O–H groups in total. The summed E-state index contributed by atoms with van der Waals surface area (Å²) < 4.78 is 5.06. The maximum atomic E-state index is 12.1. The molecule has 6 nitrogen and oxygen atoms in total. The van der Waals surface area contributed by atoms with E-state index in [-0.39, 0.29) is 11.9 Å². The van der Waals surface area contributed by atoms with Crippen LogP contribution in [0.25, 0.3) is 0 Å². The van der Waals surface area contributed by atoms with E-state index in [0.29, 0.717) is 26.2 Å². The van der Waals surface area contributed by atoms with Crippen molar-refractivity contribution in [2.45, 2.75) is 6.92 Å². The monoisotopic (exact) mass is 277 g/mol. The van der Waals surface area contributed by atoms with Gasteiger partial charge in [-0.05, 0) is 24.3 Å². The van der Waals surface area contributed by atoms with Gasteiger partial charge in [0.25, 0.3) is 0 Å². The first kappa shape index (κ1) is 14.2. The molecule has 2 rings (SSSR count). The molecule has 0 saturated carbocycles. The summed E-state index contributed by atoms with van der Waals surface area (Å²) in [5, 5.41) is 2.83. The molecular formula is C14H19N3O3. The van der Waals surface area contributed by atoms with Crippen LogP contribution in [0.1, 0.15) is 6.92 Å². The number of anilines is 1. The van der Waals surface area contributed by atoms with Crippen LogP contribution in [0.3, 0.4) is 0 Å². The third-order valence-electron chi connectivity index (χ3n) is 3.35. The quantitative estimate of drug-likeness (QED) is 0.888. The molecule has 20 heavy (non-hydrogen) atoms. The van der Waals surface area contributed by atoms with E-state index in [0.717, 1.165) is 11.4 Å². The van der Waals surface area contributed by atoms with E-state index >= 15 is 0 Å². The smallest absolute Gasteiger partial charge is 0.321 e. The molecule has 1 aliphatic rings. The third kappa shape index (κ3) is 3.40. The topological polar surface area (TPSA) is 61.9 Å². The van der Waals surface area contributed by atoms with Crippen molar-refractivity contribution in [2.24, 2.45) is 0 Å². The van der Waals surface area contributed by atoms with Crippen LogP contribution in [0.5, 0.6) is 5.75 Å². The number of benzene rings is 1. The molecule has 0 aromatic heterocycles. The Bertz CT molecular complexity index is 479. The maximum absolute atomic E-state index is 12.1. The lowest BCUT2D eigenvalue weighted by atomic mass is 10.3. The van der Waals surface area contributed by atoms with Gasteiger partial charge in [-0.25, -0.2) is 4.79 Å². The molecule has 0 radical (unpaired) electrons. The van der Waals surface area contributed by atoms with Crippen molar-refractivity contribution in [3.05, 3.63) is 24.3 Å². The number of carbonyl (C=O) groups excluding carboxylic acids is 2. The predicted molar refractivity (Wildman–Crippen MR) is 75.8 cm³/mol. The fourth-order valence-electron chi connectivity index (χ4n) is 2.10. The summed E-state index contributed by atoms with van der Waals surface area (Å²) in [6, 6.07) is 7.04. The van der Waals surface area contributed by atoms with Crippen LogP contribution in [0.2, 0.25) is 0 Å². The van der Waals surface area contributed by atoms with Crippen molar-refractivity contribution in [3.63, 3.8) is 0 Å². The Hall–Kier alpha value is -2.24. The van der Waals surface area contributed by atoms with Gasteiger partial charge in [-0.15, -0.1) is 0 Å². The molecule has 108 valence electrons. The zero-order valence-electron chi connectivity index (χ0n) is 11.8. The number of hydrogen-bond acceptors (Lipinski definition) is 3. The number of hydrogen-bond donors (Lipinski definition) is 1.